The van der Waals surface area contributed by atoms with Crippen molar-refractivity contribution in [3.8, 4) is 0 Å². The molecule has 2 rings (SSSR count). The minimum Gasteiger partial charge on any atom is -0.346 e. The molecule has 1 heterocycles. The highest BCUT2D eigenvalue weighted by Gasteiger charge is 2.27. The highest BCUT2D eigenvalue weighted by Crippen LogP contribution is 2.42. The van der Waals surface area contributed by atoms with Crippen molar-refractivity contribution in [2.45, 2.75) is 22.2 Å². The fourth-order valence-corrected chi connectivity index (χ4v) is 3.40. The summed E-state index contributed by atoms with van der Waals surface area (Å²) < 4.78 is 30.9. The number of thioether (sulfide) groups is 1. The number of fused-ring (bicyclic) bond motifs is 1. The molecule has 1 aromatic carbocycles. The van der Waals surface area contributed by atoms with Gasteiger partial charge in [0.2, 0.25) is 0 Å². The van der Waals surface area contributed by atoms with Gasteiger partial charge >= 0.3 is 0 Å². The first-order valence-corrected chi connectivity index (χ1v) is 7.06. The van der Waals surface area contributed by atoms with E-state index in [1.165, 1.54) is 23.9 Å². The van der Waals surface area contributed by atoms with Crippen molar-refractivity contribution in [2.75, 3.05) is 11.4 Å². The summed E-state index contributed by atoms with van der Waals surface area (Å²) in [5, 5.41) is 0. The van der Waals surface area contributed by atoms with Crippen molar-refractivity contribution >= 4 is 27.6 Å². The zero-order valence-corrected chi connectivity index (χ0v) is 10.3. The van der Waals surface area contributed by atoms with Crippen LogP contribution in [0.3, 0.4) is 0 Å². The monoisotopic (exact) mass is 260 g/mol. The first-order valence-electron chi connectivity index (χ1n) is 4.74. The molecule has 0 saturated carbocycles. The van der Waals surface area contributed by atoms with Crippen molar-refractivity contribution in [1.82, 2.24) is 0 Å². The van der Waals surface area contributed by atoms with Gasteiger partial charge in [-0.2, -0.15) is 8.42 Å². The molecule has 0 bridgehead atoms. The van der Waals surface area contributed by atoms with Crippen molar-refractivity contribution < 1.29 is 13.0 Å². The van der Waals surface area contributed by atoms with Crippen LogP contribution >= 0.6 is 11.8 Å². The second-order valence-electron chi connectivity index (χ2n) is 3.40. The molecule has 0 saturated heterocycles. The summed E-state index contributed by atoms with van der Waals surface area (Å²) in [6.07, 6.45) is 0. The summed E-state index contributed by atoms with van der Waals surface area (Å²) in [5.74, 6) is 0. The number of nitrogens with zero attached hydrogens (tertiary/aromatic N) is 1. The zero-order chi connectivity index (χ0) is 11.9. The highest BCUT2D eigenvalue weighted by atomic mass is 32.2. The maximum absolute atomic E-state index is 11.0. The predicted molar refractivity (Wildman–Crippen MR) is 63.1 cm³/mol. The summed E-state index contributed by atoms with van der Waals surface area (Å²) in [7, 11) is -4.14. The van der Waals surface area contributed by atoms with Gasteiger partial charge in [0.1, 0.15) is 5.50 Å². The number of hydrogen-bond donors (Lipinski definition) is 2. The lowest BCUT2D eigenvalue weighted by Gasteiger charge is -2.20. The number of benzene rings is 1. The van der Waals surface area contributed by atoms with Crippen LogP contribution in [0.25, 0.3) is 0 Å². The van der Waals surface area contributed by atoms with Gasteiger partial charge in [0.25, 0.3) is 10.1 Å². The van der Waals surface area contributed by atoms with E-state index in [-0.39, 0.29) is 10.4 Å². The lowest BCUT2D eigenvalue weighted by Crippen LogP contribution is -2.35. The van der Waals surface area contributed by atoms with Gasteiger partial charge < -0.3 is 10.6 Å². The molecule has 1 unspecified atom stereocenters. The van der Waals surface area contributed by atoms with Gasteiger partial charge in [-0.1, -0.05) is 11.8 Å². The lowest BCUT2D eigenvalue weighted by atomic mass is 10.3. The van der Waals surface area contributed by atoms with Crippen LogP contribution in [0.4, 0.5) is 5.69 Å². The van der Waals surface area contributed by atoms with Crippen LogP contribution in [0.5, 0.6) is 0 Å². The second kappa shape index (κ2) is 3.92. The molecular weight excluding hydrogens is 248 g/mol. The van der Waals surface area contributed by atoms with Crippen LogP contribution in [0.15, 0.2) is 28.0 Å². The molecule has 16 heavy (non-hydrogen) atoms. The van der Waals surface area contributed by atoms with Crippen molar-refractivity contribution in [3.63, 3.8) is 0 Å². The molecule has 3 N–H and O–H groups in total. The Morgan fingerprint density at radius 3 is 2.81 bits per heavy atom. The second-order valence-corrected chi connectivity index (χ2v) is 5.98. The first kappa shape index (κ1) is 11.7. The Balaban J connectivity index is 2.48. The van der Waals surface area contributed by atoms with Gasteiger partial charge in [-0.15, -0.1) is 0 Å². The number of nitrogens with two attached hydrogens (primary N) is 1. The van der Waals surface area contributed by atoms with Gasteiger partial charge in [-0.05, 0) is 25.1 Å². The van der Waals surface area contributed by atoms with E-state index in [9.17, 15) is 8.42 Å². The minimum atomic E-state index is -4.14. The average molecular weight is 260 g/mol. The summed E-state index contributed by atoms with van der Waals surface area (Å²) >= 11 is 1.38. The van der Waals surface area contributed by atoms with Crippen LogP contribution in [-0.4, -0.2) is 25.0 Å². The average Bonchev–Trinajstić information content (AvgIpc) is 2.50. The Morgan fingerprint density at radius 1 is 1.56 bits per heavy atom. The highest BCUT2D eigenvalue weighted by molar-refractivity contribution is 8.00. The van der Waals surface area contributed by atoms with Crippen LogP contribution in [0.2, 0.25) is 0 Å². The van der Waals surface area contributed by atoms with Gasteiger partial charge in [0.05, 0.1) is 10.6 Å². The number of rotatable bonds is 2. The van der Waals surface area contributed by atoms with Crippen molar-refractivity contribution in [2.24, 2.45) is 5.73 Å². The van der Waals surface area contributed by atoms with E-state index in [4.69, 9.17) is 10.3 Å². The molecule has 88 valence electrons. The molecule has 1 aliphatic rings. The molecule has 0 radical (unpaired) electrons. The van der Waals surface area contributed by atoms with Crippen molar-refractivity contribution in [1.29, 1.82) is 0 Å². The zero-order valence-electron chi connectivity index (χ0n) is 8.62. The smallest absolute Gasteiger partial charge is 0.294 e. The van der Waals surface area contributed by atoms with Crippen molar-refractivity contribution in [3.05, 3.63) is 18.2 Å². The van der Waals surface area contributed by atoms with E-state index in [2.05, 4.69) is 0 Å². The van der Waals surface area contributed by atoms with E-state index in [0.717, 1.165) is 17.1 Å². The predicted octanol–water partition coefficient (Wildman–Crippen LogP) is 1.11. The Bertz CT molecular complexity index is 515. The van der Waals surface area contributed by atoms with Crippen LogP contribution < -0.4 is 10.6 Å². The SMILES string of the molecule is CCN1c2ccc(S(=O)(=O)O)cc2SC1N. The molecule has 5 nitrogen and oxygen atoms in total. The van der Waals surface area contributed by atoms with E-state index >= 15 is 0 Å². The van der Waals surface area contributed by atoms with Gasteiger partial charge in [-0.3, -0.25) is 4.55 Å². The lowest BCUT2D eigenvalue weighted by molar-refractivity contribution is 0.483. The summed E-state index contributed by atoms with van der Waals surface area (Å²) in [6.45, 7) is 2.73. The Labute approximate surface area is 98.4 Å². The molecular formula is C9H12N2O3S2. The summed E-state index contributed by atoms with van der Waals surface area (Å²) in [5.41, 5.74) is 6.59. The quantitative estimate of drug-likeness (QED) is 0.775. The Kier molecular flexibility index (Phi) is 2.87. The van der Waals surface area contributed by atoms with Gasteiger partial charge in [0.15, 0.2) is 0 Å². The molecule has 0 fully saturated rings. The fraction of sp³-hybridized carbons (Fsp3) is 0.333. The third kappa shape index (κ3) is 1.91. The van der Waals surface area contributed by atoms with Crippen LogP contribution in [-0.2, 0) is 10.1 Å². The topological polar surface area (TPSA) is 83.6 Å². The molecule has 7 heteroatoms. The van der Waals surface area contributed by atoms with E-state index in [1.807, 2.05) is 11.8 Å². The van der Waals surface area contributed by atoms with Crippen LogP contribution in [0.1, 0.15) is 6.92 Å². The first-order chi connectivity index (χ1) is 7.43. The standard InChI is InChI=1S/C9H12N2O3S2/c1-2-11-7-4-3-6(16(12,13)14)5-8(7)15-9(11)10/h3-5,9H,2,10H2,1H3,(H,12,13,14). The van der Waals surface area contributed by atoms with E-state index < -0.39 is 10.1 Å². The molecule has 1 atom stereocenters. The Hall–Kier alpha value is -0.760. The maximum atomic E-state index is 11.0. The molecule has 1 aliphatic heterocycles. The minimum absolute atomic E-state index is 0.0936. The van der Waals surface area contributed by atoms with Gasteiger partial charge in [0, 0.05) is 11.4 Å². The summed E-state index contributed by atoms with van der Waals surface area (Å²) in [4.78, 5) is 2.65. The third-order valence-electron chi connectivity index (χ3n) is 2.43. The van der Waals surface area contributed by atoms with E-state index in [0.29, 0.717) is 0 Å². The number of hydrogen-bond acceptors (Lipinski definition) is 5. The largest absolute Gasteiger partial charge is 0.346 e. The molecule has 0 spiro atoms. The molecule has 0 aliphatic carbocycles. The molecule has 1 aromatic rings. The van der Waals surface area contributed by atoms with Gasteiger partial charge in [-0.25, -0.2) is 0 Å². The Morgan fingerprint density at radius 2 is 2.25 bits per heavy atom. The van der Waals surface area contributed by atoms with E-state index in [1.54, 1.807) is 6.07 Å². The third-order valence-corrected chi connectivity index (χ3v) is 4.36. The maximum Gasteiger partial charge on any atom is 0.294 e. The molecule has 0 aromatic heterocycles. The molecule has 0 amide bonds. The summed E-state index contributed by atoms with van der Waals surface area (Å²) in [6, 6.07) is 4.50. The fourth-order valence-electron chi connectivity index (χ4n) is 1.67. The number of anilines is 1. The normalized spacial score (nSPS) is 19.9. The van der Waals surface area contributed by atoms with Crippen LogP contribution in [0, 0.1) is 0 Å².